The van der Waals surface area contributed by atoms with Gasteiger partial charge in [-0.2, -0.15) is 8.78 Å². The van der Waals surface area contributed by atoms with Crippen molar-refractivity contribution in [3.8, 4) is 28.7 Å². The van der Waals surface area contributed by atoms with Gasteiger partial charge in [0.25, 0.3) is 11.8 Å². The average Bonchev–Trinajstić information content (AvgIpc) is 3.97. The second-order valence-electron chi connectivity index (χ2n) is 20.9. The predicted octanol–water partition coefficient (Wildman–Crippen LogP) is 6.05. The number of cyclic esters (lactones) is 1. The number of hydrazine groups is 1. The van der Waals surface area contributed by atoms with Crippen LogP contribution in [0.2, 0.25) is 0 Å². The van der Waals surface area contributed by atoms with Crippen molar-refractivity contribution < 1.29 is 56.8 Å². The van der Waals surface area contributed by atoms with E-state index in [0.717, 1.165) is 33.3 Å². The number of hydrogen-bond donors (Lipinski definition) is 3. The lowest BCUT2D eigenvalue weighted by atomic mass is 9.84. The number of likely N-dealkylation sites (N-methyl/N-ethyl adjacent to an activating group) is 1. The van der Waals surface area contributed by atoms with Crippen molar-refractivity contribution >= 4 is 52.3 Å². The van der Waals surface area contributed by atoms with Crippen molar-refractivity contribution in [2.75, 3.05) is 53.6 Å². The molecule has 3 saturated heterocycles. The summed E-state index contributed by atoms with van der Waals surface area (Å²) in [5.41, 5.74) is 8.73. The molecule has 1 unspecified atom stereocenters. The fourth-order valence-corrected chi connectivity index (χ4v) is 10.5. The van der Waals surface area contributed by atoms with Crippen LogP contribution >= 0.6 is 0 Å². The number of carbonyl (C=O) groups excluding carboxylic acids is 5. The first kappa shape index (κ1) is 56.3. The number of nitrogens with zero attached hydrogens (tertiary/aromatic N) is 5. The Bertz CT molecular complexity index is 2810. The van der Waals surface area contributed by atoms with Gasteiger partial charge in [0.05, 0.1) is 43.2 Å². The number of rotatable bonds is 13. The highest BCUT2D eigenvalue weighted by Gasteiger charge is 2.41. The van der Waals surface area contributed by atoms with Gasteiger partial charge in [0.1, 0.15) is 30.0 Å². The van der Waals surface area contributed by atoms with E-state index in [1.165, 1.54) is 27.9 Å². The molecule has 404 valence electrons. The van der Waals surface area contributed by atoms with Crippen molar-refractivity contribution in [3.63, 3.8) is 0 Å². The van der Waals surface area contributed by atoms with E-state index in [0.29, 0.717) is 42.6 Å². The number of halogens is 2. The highest BCUT2D eigenvalue weighted by molar-refractivity contribution is 5.97. The molecular weight excluding hydrogens is 969 g/mol. The Morgan fingerprint density at radius 1 is 1.11 bits per heavy atom. The molecule has 7 rings (SSSR count). The number of nitrogens with one attached hydrogen (secondary N) is 2. The number of phenolic OH excluding ortho intramolecular Hbond substituents is 1. The molecule has 1 aromatic heterocycles. The van der Waals surface area contributed by atoms with Gasteiger partial charge < -0.3 is 43.7 Å². The maximum absolute atomic E-state index is 14.8. The molecule has 3 N–H and O–H groups in total. The molecule has 2 aromatic carbocycles. The van der Waals surface area contributed by atoms with Gasteiger partial charge in [-0.15, -0.1) is 0 Å². The third-order valence-corrected chi connectivity index (χ3v) is 14.3. The minimum absolute atomic E-state index is 0.00468. The molecule has 0 saturated carbocycles. The van der Waals surface area contributed by atoms with Crippen molar-refractivity contribution in [3.05, 3.63) is 71.6 Å². The zero-order chi connectivity index (χ0) is 54.5. The molecule has 3 aromatic rings. The lowest BCUT2D eigenvalue weighted by Crippen LogP contribution is -2.62. The highest BCUT2D eigenvalue weighted by atomic mass is 19.3. The molecule has 4 amide bonds. The van der Waals surface area contributed by atoms with E-state index >= 15 is 0 Å². The lowest BCUT2D eigenvalue weighted by Gasteiger charge is -2.37. The Morgan fingerprint density at radius 2 is 1.85 bits per heavy atom. The summed E-state index contributed by atoms with van der Waals surface area (Å²) in [6.45, 7) is 18.5. The van der Waals surface area contributed by atoms with Crippen molar-refractivity contribution in [1.29, 1.82) is 0 Å². The number of alkyl halides is 2. The molecule has 3 fully saturated rings. The number of carbonyl (C=O) groups is 5. The van der Waals surface area contributed by atoms with Gasteiger partial charge in [-0.3, -0.25) is 34.0 Å². The number of allylic oxidation sites excluding steroid dienone is 2. The molecule has 75 heavy (non-hydrogen) atoms. The average molecular weight is 1040 g/mol. The normalized spacial score (nSPS) is 21.6. The van der Waals surface area contributed by atoms with Crippen LogP contribution in [0.25, 0.3) is 27.6 Å². The molecule has 0 spiro atoms. The number of likely N-dealkylation sites (tertiary alicyclic amines) is 1. The Labute approximate surface area is 437 Å². The smallest absolute Gasteiger partial charge is 0.424 e. The third kappa shape index (κ3) is 12.8. The summed E-state index contributed by atoms with van der Waals surface area (Å²) in [4.78, 5) is 77.8. The maximum Gasteiger partial charge on any atom is 0.424 e. The van der Waals surface area contributed by atoms with Gasteiger partial charge in [-0.1, -0.05) is 52.5 Å². The van der Waals surface area contributed by atoms with E-state index in [1.807, 2.05) is 51.8 Å². The lowest BCUT2D eigenvalue weighted by molar-refractivity contribution is -0.268. The quantitative estimate of drug-likeness (QED) is 0.0782. The molecule has 6 bridgehead atoms. The molecule has 17 nitrogen and oxygen atoms in total. The van der Waals surface area contributed by atoms with Crippen LogP contribution in [0.15, 0.2) is 59.7 Å². The molecule has 0 radical (unpaired) electrons. The molecule has 4 aliphatic rings. The second kappa shape index (κ2) is 23.6. The minimum Gasteiger partial charge on any atom is -0.508 e. The number of amides is 4. The van der Waals surface area contributed by atoms with Gasteiger partial charge in [-0.05, 0) is 98.9 Å². The summed E-state index contributed by atoms with van der Waals surface area (Å²) in [5, 5.41) is 16.6. The third-order valence-electron chi connectivity index (χ3n) is 14.3. The second-order valence-corrected chi connectivity index (χ2v) is 20.9. The summed E-state index contributed by atoms with van der Waals surface area (Å²) < 4.78 is 52.1. The maximum atomic E-state index is 14.8. The van der Waals surface area contributed by atoms with Crippen LogP contribution in [-0.4, -0.2) is 150 Å². The van der Waals surface area contributed by atoms with E-state index in [-0.39, 0.29) is 64.2 Å². The first-order valence-electron chi connectivity index (χ1n) is 25.7. The fourth-order valence-electron chi connectivity index (χ4n) is 10.5. The van der Waals surface area contributed by atoms with Crippen LogP contribution in [-0.2, 0) is 62.3 Å². The van der Waals surface area contributed by atoms with Gasteiger partial charge in [0, 0.05) is 86.7 Å². The van der Waals surface area contributed by atoms with E-state index < -0.39 is 77.2 Å². The van der Waals surface area contributed by atoms with Gasteiger partial charge in [0.2, 0.25) is 11.8 Å². The SMILES string of the molecule is C=C/C(=C(\N=C/C)[C@H](C)OC)c1c2c3cc(ccc3n1CC)-c1cc(O)cc(c1)C[C@H](NC(=O)[C@H](C(C)C)N(C)C(=O)C1CCN(C(=O)C#CC(F)(F)OC3COC3)C1)C(=O)N1CCC[C@H](N1)C(=O)OCC(C)(C)C2. The van der Waals surface area contributed by atoms with Crippen LogP contribution in [0.5, 0.6) is 5.75 Å². The van der Waals surface area contributed by atoms with Crippen LogP contribution in [0.3, 0.4) is 0 Å². The number of aryl methyl sites for hydroxylation is 1. The summed E-state index contributed by atoms with van der Waals surface area (Å²) >= 11 is 0. The Balaban J connectivity index is 1.23. The summed E-state index contributed by atoms with van der Waals surface area (Å²) in [7, 11) is 3.11. The Kier molecular flexibility index (Phi) is 17.7. The van der Waals surface area contributed by atoms with Gasteiger partial charge in [0.15, 0.2) is 0 Å². The number of hydrogen-bond acceptors (Lipinski definition) is 12. The van der Waals surface area contributed by atoms with E-state index in [2.05, 4.69) is 39.6 Å². The standard InChI is InChI=1S/C56H71F2N7O10/c1-11-41(48(59-12-2)34(6)72-10)50-43-28-55(7,8)32-74-54(71)44-15-14-21-65(61-44)53(70)45(25-35-23-38(26-39(66)24-35)36-16-17-46(42(43)27-36)64(50)13-3)60-51(68)49(33(4)5)62(9)52(69)37-19-22-63(29-37)47(67)18-20-56(57,58)75-40-30-73-31-40/h11-12,16-17,23-24,26-27,33-34,37,40,44-45,49,61,66H,1,13-15,19,21-22,25,28-32H2,2-10H3,(H,60,68)/b48-41+,59-12-/t34-,37?,44-,45-,49-/m0/s1. The summed E-state index contributed by atoms with van der Waals surface area (Å²) in [6, 6.07) is 7.89. The molecule has 5 atom stereocenters. The number of aliphatic imine (C=N–C) groups is 1. The van der Waals surface area contributed by atoms with Crippen LogP contribution in [0.1, 0.15) is 84.5 Å². The number of benzene rings is 2. The minimum atomic E-state index is -3.86. The Hall–Kier alpha value is -6.46. The number of ether oxygens (including phenoxy) is 4. The molecule has 4 aliphatic heterocycles. The number of aromatic hydroxyl groups is 1. The topological polar surface area (TPSA) is 194 Å². The molecule has 0 aliphatic carbocycles. The van der Waals surface area contributed by atoms with E-state index in [9.17, 15) is 37.9 Å². The molecule has 5 heterocycles. The number of methoxy groups -OCH3 is 1. The van der Waals surface area contributed by atoms with Crippen molar-refractivity contribution in [2.45, 2.75) is 124 Å². The number of esters is 1. The van der Waals surface area contributed by atoms with Gasteiger partial charge >= 0.3 is 12.1 Å². The summed E-state index contributed by atoms with van der Waals surface area (Å²) in [5.74, 6) is -0.833. The van der Waals surface area contributed by atoms with Crippen LogP contribution in [0, 0.1) is 29.1 Å². The fraction of sp³-hybridized carbons (Fsp3) is 0.536. The number of phenols is 1. The predicted molar refractivity (Wildman–Crippen MR) is 279 cm³/mol. The van der Waals surface area contributed by atoms with Crippen molar-refractivity contribution in [1.82, 2.24) is 30.1 Å². The monoisotopic (exact) mass is 1040 g/mol. The molecule has 19 heteroatoms. The number of aromatic nitrogens is 1. The van der Waals surface area contributed by atoms with E-state index in [4.69, 9.17) is 19.2 Å². The largest absolute Gasteiger partial charge is 0.508 e. The summed E-state index contributed by atoms with van der Waals surface area (Å²) in [6.07, 6.45) is -0.111. The zero-order valence-corrected chi connectivity index (χ0v) is 44.5. The van der Waals surface area contributed by atoms with Crippen LogP contribution < -0.4 is 10.7 Å². The first-order valence-corrected chi connectivity index (χ1v) is 25.7. The first-order chi connectivity index (χ1) is 35.6. The van der Waals surface area contributed by atoms with Crippen molar-refractivity contribution in [2.24, 2.45) is 22.2 Å². The van der Waals surface area contributed by atoms with Crippen LogP contribution in [0.4, 0.5) is 8.78 Å². The van der Waals surface area contributed by atoms with Gasteiger partial charge in [-0.25, -0.2) is 5.43 Å². The zero-order valence-electron chi connectivity index (χ0n) is 44.5. The Morgan fingerprint density at radius 3 is 2.51 bits per heavy atom. The molecular formula is C56H71F2N7O10. The van der Waals surface area contributed by atoms with E-state index in [1.54, 1.807) is 45.2 Å². The highest BCUT2D eigenvalue weighted by Crippen LogP contribution is 2.41. The number of fused-ring (bicyclic) bond motifs is 6.